The second-order valence-corrected chi connectivity index (χ2v) is 7.28. The van der Waals surface area contributed by atoms with Crippen LogP contribution in [0.4, 0.5) is 0 Å². The molecule has 0 fully saturated rings. The fraction of sp³-hybridized carbons (Fsp3) is 0.240. The van der Waals surface area contributed by atoms with E-state index in [1.165, 1.54) is 0 Å². The first kappa shape index (κ1) is 21.2. The van der Waals surface area contributed by atoms with E-state index in [1.54, 1.807) is 19.1 Å². The van der Waals surface area contributed by atoms with Gasteiger partial charge in [-0.1, -0.05) is 18.2 Å². The van der Waals surface area contributed by atoms with E-state index in [0.717, 1.165) is 16.9 Å². The van der Waals surface area contributed by atoms with Gasteiger partial charge in [0.05, 0.1) is 36.4 Å². The molecule has 0 radical (unpaired) electrons. The van der Waals surface area contributed by atoms with Crippen LogP contribution >= 0.6 is 0 Å². The number of carbonyl (C=O) groups is 1. The molecule has 0 atom stereocenters. The number of ether oxygens (including phenoxy) is 2. The molecule has 0 saturated heterocycles. The van der Waals surface area contributed by atoms with Gasteiger partial charge in [0.15, 0.2) is 0 Å². The number of hydrogen-bond acceptors (Lipinski definition) is 5. The van der Waals surface area contributed by atoms with Crippen LogP contribution < -0.4 is 4.74 Å². The second-order valence-electron chi connectivity index (χ2n) is 7.28. The molecule has 7 heteroatoms. The van der Waals surface area contributed by atoms with Crippen LogP contribution in [0.15, 0.2) is 54.6 Å². The van der Waals surface area contributed by atoms with E-state index >= 15 is 0 Å². The van der Waals surface area contributed by atoms with Gasteiger partial charge in [-0.2, -0.15) is 10.2 Å². The Morgan fingerprint density at radius 3 is 2.53 bits per heavy atom. The number of aromatic nitrogens is 3. The number of benzene rings is 2. The van der Waals surface area contributed by atoms with Gasteiger partial charge in [-0.05, 0) is 62.7 Å². The molecule has 32 heavy (non-hydrogen) atoms. The number of hydrogen-bond donors (Lipinski definition) is 0. The number of fused-ring (bicyclic) bond motifs is 1. The molecule has 0 bridgehead atoms. The van der Waals surface area contributed by atoms with E-state index in [1.807, 2.05) is 65.4 Å². The van der Waals surface area contributed by atoms with E-state index < -0.39 is 0 Å². The van der Waals surface area contributed by atoms with Gasteiger partial charge in [0.2, 0.25) is 0 Å². The summed E-state index contributed by atoms with van der Waals surface area (Å²) in [5.41, 5.74) is 5.34. The third kappa shape index (κ3) is 3.83. The number of imidazole rings is 1. The van der Waals surface area contributed by atoms with Gasteiger partial charge in [0.1, 0.15) is 11.8 Å². The Kier molecular flexibility index (Phi) is 5.95. The summed E-state index contributed by atoms with van der Waals surface area (Å²) in [4.78, 5) is 17.2. The van der Waals surface area contributed by atoms with Gasteiger partial charge < -0.3 is 14.0 Å². The van der Waals surface area contributed by atoms with Crippen LogP contribution in [0.5, 0.6) is 6.01 Å². The SMILES string of the molecule is CCOC(=O)c1cccc2nc(OCC)n(Cc3ccc(-n4c(C)ccc4C#N)cc3)c12. The maximum absolute atomic E-state index is 12.6. The zero-order valence-corrected chi connectivity index (χ0v) is 18.3. The van der Waals surface area contributed by atoms with Crippen molar-refractivity contribution < 1.29 is 14.3 Å². The second kappa shape index (κ2) is 8.98. The van der Waals surface area contributed by atoms with Gasteiger partial charge in [0.25, 0.3) is 6.01 Å². The average Bonchev–Trinajstić information content (AvgIpc) is 3.34. The lowest BCUT2D eigenvalue weighted by molar-refractivity contribution is 0.0528. The molecule has 2 aromatic carbocycles. The summed E-state index contributed by atoms with van der Waals surface area (Å²) in [6.07, 6.45) is 0. The molecule has 162 valence electrons. The van der Waals surface area contributed by atoms with Crippen molar-refractivity contribution in [2.45, 2.75) is 27.3 Å². The number of nitrogens with zero attached hydrogens (tertiary/aromatic N) is 4. The molecule has 0 saturated carbocycles. The standard InChI is InChI=1S/C25H24N4O3/c1-4-31-24(30)21-7-6-8-22-23(21)28(25(27-22)32-5-2)16-18-10-13-19(14-11-18)29-17(3)9-12-20(29)15-26/h6-14H,4-5,16H2,1-3H3. The normalized spacial score (nSPS) is 10.8. The molecule has 2 aromatic heterocycles. The van der Waals surface area contributed by atoms with E-state index in [-0.39, 0.29) is 5.97 Å². The molecule has 0 aliphatic rings. The molecule has 0 amide bonds. The molecule has 0 aliphatic heterocycles. The van der Waals surface area contributed by atoms with Crippen LogP contribution in [-0.4, -0.2) is 33.3 Å². The van der Waals surface area contributed by atoms with Crippen molar-refractivity contribution in [3.63, 3.8) is 0 Å². The van der Waals surface area contributed by atoms with Crippen molar-refractivity contribution in [2.24, 2.45) is 0 Å². The smallest absolute Gasteiger partial charge is 0.340 e. The summed E-state index contributed by atoms with van der Waals surface area (Å²) in [6.45, 7) is 6.88. The van der Waals surface area contributed by atoms with Crippen LogP contribution in [-0.2, 0) is 11.3 Å². The van der Waals surface area contributed by atoms with E-state index in [9.17, 15) is 10.1 Å². The molecule has 0 spiro atoms. The van der Waals surface area contributed by atoms with E-state index in [2.05, 4.69) is 11.1 Å². The monoisotopic (exact) mass is 428 g/mol. The predicted molar refractivity (Wildman–Crippen MR) is 121 cm³/mol. The highest BCUT2D eigenvalue weighted by Gasteiger charge is 2.20. The van der Waals surface area contributed by atoms with Crippen molar-refractivity contribution >= 4 is 17.0 Å². The first-order valence-electron chi connectivity index (χ1n) is 10.5. The van der Waals surface area contributed by atoms with Gasteiger partial charge >= 0.3 is 5.97 Å². The first-order valence-corrected chi connectivity index (χ1v) is 10.5. The van der Waals surface area contributed by atoms with E-state index in [0.29, 0.717) is 48.1 Å². The van der Waals surface area contributed by atoms with Crippen LogP contribution in [0.1, 0.15) is 41.2 Å². The molecule has 4 aromatic rings. The topological polar surface area (TPSA) is 82.1 Å². The van der Waals surface area contributed by atoms with E-state index in [4.69, 9.17) is 9.47 Å². The third-order valence-corrected chi connectivity index (χ3v) is 5.23. The maximum atomic E-state index is 12.6. The predicted octanol–water partition coefficient (Wildman–Crippen LogP) is 4.63. The lowest BCUT2D eigenvalue weighted by Crippen LogP contribution is -2.10. The molecule has 4 rings (SSSR count). The third-order valence-electron chi connectivity index (χ3n) is 5.23. The fourth-order valence-electron chi connectivity index (χ4n) is 3.83. The molecule has 0 N–H and O–H groups in total. The summed E-state index contributed by atoms with van der Waals surface area (Å²) in [7, 11) is 0. The number of esters is 1. The quantitative estimate of drug-likeness (QED) is 0.401. The van der Waals surface area contributed by atoms with Crippen LogP contribution in [0.2, 0.25) is 0 Å². The highest BCUT2D eigenvalue weighted by Crippen LogP contribution is 2.27. The van der Waals surface area contributed by atoms with Gasteiger partial charge in [0, 0.05) is 11.4 Å². The zero-order chi connectivity index (χ0) is 22.7. The minimum Gasteiger partial charge on any atom is -0.465 e. The summed E-state index contributed by atoms with van der Waals surface area (Å²) in [6, 6.07) is 19.8. The number of para-hydroxylation sites is 1. The van der Waals surface area contributed by atoms with Gasteiger partial charge in [-0.15, -0.1) is 0 Å². The van der Waals surface area contributed by atoms with Gasteiger partial charge in [-0.25, -0.2) is 4.79 Å². The summed E-state index contributed by atoms with van der Waals surface area (Å²) >= 11 is 0. The Bertz CT molecular complexity index is 1310. The van der Waals surface area contributed by atoms with Crippen molar-refractivity contribution in [3.05, 3.63) is 77.1 Å². The molecule has 2 heterocycles. The fourth-order valence-corrected chi connectivity index (χ4v) is 3.83. The summed E-state index contributed by atoms with van der Waals surface area (Å²) in [5, 5.41) is 9.38. The number of nitriles is 1. The highest BCUT2D eigenvalue weighted by molar-refractivity contribution is 6.02. The Hall–Kier alpha value is -4.05. The number of carbonyl (C=O) groups excluding carboxylic acids is 1. The maximum Gasteiger partial charge on any atom is 0.340 e. The van der Waals surface area contributed by atoms with Crippen LogP contribution in [0, 0.1) is 18.3 Å². The largest absolute Gasteiger partial charge is 0.465 e. The van der Waals surface area contributed by atoms with Crippen LogP contribution in [0.3, 0.4) is 0 Å². The Morgan fingerprint density at radius 2 is 1.84 bits per heavy atom. The van der Waals surface area contributed by atoms with Crippen molar-refractivity contribution in [1.29, 1.82) is 5.26 Å². The molecule has 0 unspecified atom stereocenters. The zero-order valence-electron chi connectivity index (χ0n) is 18.3. The lowest BCUT2D eigenvalue weighted by atomic mass is 10.1. The minimum absolute atomic E-state index is 0.298. The van der Waals surface area contributed by atoms with Gasteiger partial charge in [-0.3, -0.25) is 4.57 Å². The summed E-state index contributed by atoms with van der Waals surface area (Å²) < 4.78 is 14.8. The summed E-state index contributed by atoms with van der Waals surface area (Å²) in [5.74, 6) is -0.384. The lowest BCUT2D eigenvalue weighted by Gasteiger charge is -2.13. The van der Waals surface area contributed by atoms with Crippen molar-refractivity contribution in [2.75, 3.05) is 13.2 Å². The number of rotatable bonds is 7. The van der Waals surface area contributed by atoms with Crippen LogP contribution in [0.25, 0.3) is 16.7 Å². The average molecular weight is 428 g/mol. The van der Waals surface area contributed by atoms with Crippen molar-refractivity contribution in [1.82, 2.24) is 14.1 Å². The first-order chi connectivity index (χ1) is 15.6. The Labute approximate surface area is 186 Å². The molecule has 7 nitrogen and oxygen atoms in total. The Balaban J connectivity index is 1.75. The molecular formula is C25H24N4O3. The number of aryl methyl sites for hydroxylation is 1. The molecule has 0 aliphatic carbocycles. The minimum atomic E-state index is -0.384. The highest BCUT2D eigenvalue weighted by atomic mass is 16.5. The molecular weight excluding hydrogens is 404 g/mol. The van der Waals surface area contributed by atoms with Crippen molar-refractivity contribution in [3.8, 4) is 17.8 Å². The Morgan fingerprint density at radius 1 is 1.06 bits per heavy atom.